The number of nitrogen functional groups attached to an aromatic ring is 1. The molecule has 19 heavy (non-hydrogen) atoms. The van der Waals surface area contributed by atoms with Gasteiger partial charge in [0.15, 0.2) is 23.1 Å². The average Bonchev–Trinajstić information content (AvgIpc) is 2.38. The molecule has 6 heteroatoms. The second-order valence-corrected chi connectivity index (χ2v) is 4.44. The monoisotopic (exact) mass is 324 g/mol. The Labute approximate surface area is 116 Å². The van der Waals surface area contributed by atoms with Crippen molar-refractivity contribution in [2.75, 3.05) is 5.73 Å². The van der Waals surface area contributed by atoms with Crippen molar-refractivity contribution in [3.05, 3.63) is 52.0 Å². The zero-order valence-corrected chi connectivity index (χ0v) is 11.0. The second-order valence-electron chi connectivity index (χ2n) is 3.64. The van der Waals surface area contributed by atoms with Gasteiger partial charge in [0.25, 0.3) is 0 Å². The molecule has 0 radical (unpaired) electrons. The lowest BCUT2D eigenvalue weighted by Gasteiger charge is -2.09. The molecule has 96 valence electrons. The summed E-state index contributed by atoms with van der Waals surface area (Å²) in [5, 5.41) is 8.74. The zero-order chi connectivity index (χ0) is 14.0. The van der Waals surface area contributed by atoms with Crippen molar-refractivity contribution in [3.63, 3.8) is 0 Å². The van der Waals surface area contributed by atoms with E-state index in [9.17, 15) is 8.78 Å². The van der Waals surface area contributed by atoms with Crippen LogP contribution >= 0.6 is 15.9 Å². The summed E-state index contributed by atoms with van der Waals surface area (Å²) < 4.78 is 32.5. The van der Waals surface area contributed by atoms with Crippen molar-refractivity contribution in [2.24, 2.45) is 0 Å². The van der Waals surface area contributed by atoms with Gasteiger partial charge in [-0.3, -0.25) is 0 Å². The maximum absolute atomic E-state index is 13.9. The van der Waals surface area contributed by atoms with E-state index < -0.39 is 11.6 Å². The fraction of sp³-hybridized carbons (Fsp3) is 0. The number of rotatable bonds is 2. The van der Waals surface area contributed by atoms with Crippen LogP contribution in [-0.2, 0) is 0 Å². The number of anilines is 1. The zero-order valence-electron chi connectivity index (χ0n) is 9.45. The summed E-state index contributed by atoms with van der Waals surface area (Å²) in [4.78, 5) is 0. The molecule has 0 aliphatic carbocycles. The number of halogens is 3. The van der Waals surface area contributed by atoms with Gasteiger partial charge in [-0.1, -0.05) is 0 Å². The van der Waals surface area contributed by atoms with Crippen LogP contribution in [0.4, 0.5) is 14.5 Å². The highest BCUT2D eigenvalue weighted by Gasteiger charge is 2.14. The minimum atomic E-state index is -0.768. The lowest BCUT2D eigenvalue weighted by Crippen LogP contribution is -1.95. The van der Waals surface area contributed by atoms with Crippen LogP contribution in [-0.4, -0.2) is 0 Å². The topological polar surface area (TPSA) is 59.0 Å². The van der Waals surface area contributed by atoms with Crippen molar-refractivity contribution in [3.8, 4) is 17.6 Å². The molecule has 0 fully saturated rings. The summed E-state index contributed by atoms with van der Waals surface area (Å²) in [5.74, 6) is -1.80. The van der Waals surface area contributed by atoms with Gasteiger partial charge in [0.05, 0.1) is 10.0 Å². The number of nitrogens with zero attached hydrogens (tertiary/aromatic N) is 1. The lowest BCUT2D eigenvalue weighted by molar-refractivity contribution is 0.413. The molecule has 0 saturated heterocycles. The molecular weight excluding hydrogens is 318 g/mol. The fourth-order valence-electron chi connectivity index (χ4n) is 1.42. The number of benzene rings is 2. The first-order valence-electron chi connectivity index (χ1n) is 5.14. The molecule has 0 unspecified atom stereocenters. The van der Waals surface area contributed by atoms with Gasteiger partial charge in [-0.05, 0) is 40.2 Å². The van der Waals surface area contributed by atoms with E-state index in [-0.39, 0.29) is 27.2 Å². The Hall–Kier alpha value is -2.13. The van der Waals surface area contributed by atoms with Gasteiger partial charge in [0.2, 0.25) is 0 Å². The van der Waals surface area contributed by atoms with E-state index in [2.05, 4.69) is 15.9 Å². The molecule has 0 amide bonds. The summed E-state index contributed by atoms with van der Waals surface area (Å²) in [7, 11) is 0. The van der Waals surface area contributed by atoms with Crippen LogP contribution in [0.15, 0.2) is 34.8 Å². The predicted molar refractivity (Wildman–Crippen MR) is 69.7 cm³/mol. The fourth-order valence-corrected chi connectivity index (χ4v) is 1.83. The third-order valence-electron chi connectivity index (χ3n) is 2.34. The van der Waals surface area contributed by atoms with Crippen molar-refractivity contribution < 1.29 is 13.5 Å². The molecule has 0 aliphatic heterocycles. The molecule has 2 rings (SSSR count). The van der Waals surface area contributed by atoms with Crippen LogP contribution in [0.5, 0.6) is 11.5 Å². The maximum atomic E-state index is 13.9. The number of ether oxygens (including phenoxy) is 1. The minimum Gasteiger partial charge on any atom is -0.451 e. The highest BCUT2D eigenvalue weighted by atomic mass is 79.9. The van der Waals surface area contributed by atoms with Crippen LogP contribution in [0.3, 0.4) is 0 Å². The van der Waals surface area contributed by atoms with Gasteiger partial charge in [-0.25, -0.2) is 8.78 Å². The van der Waals surface area contributed by atoms with Crippen molar-refractivity contribution in [1.82, 2.24) is 0 Å². The Morgan fingerprint density at radius 1 is 1.16 bits per heavy atom. The standard InChI is InChI=1S/C13H7BrF2N2O/c14-12-7(6-17)1-3-11(13(12)16)19-10-4-2-8(18)5-9(10)15/h1-5H,18H2. The molecule has 0 atom stereocenters. The predicted octanol–water partition coefficient (Wildman–Crippen LogP) is 3.97. The molecule has 2 N–H and O–H groups in total. The SMILES string of the molecule is N#Cc1ccc(Oc2ccc(N)cc2F)c(F)c1Br. The Morgan fingerprint density at radius 3 is 2.47 bits per heavy atom. The molecule has 0 heterocycles. The quantitative estimate of drug-likeness (QED) is 0.850. The summed E-state index contributed by atoms with van der Waals surface area (Å²) in [6, 6.07) is 8.26. The van der Waals surface area contributed by atoms with Gasteiger partial charge in [-0.2, -0.15) is 5.26 Å². The summed E-state index contributed by atoms with van der Waals surface area (Å²) in [5.41, 5.74) is 5.77. The van der Waals surface area contributed by atoms with Crippen LogP contribution in [0.1, 0.15) is 5.56 Å². The first-order chi connectivity index (χ1) is 9.02. The molecular formula is C13H7BrF2N2O. The normalized spacial score (nSPS) is 10.0. The van der Waals surface area contributed by atoms with Gasteiger partial charge in [0, 0.05) is 11.8 Å². The van der Waals surface area contributed by atoms with Crippen LogP contribution in [0, 0.1) is 23.0 Å². The summed E-state index contributed by atoms with van der Waals surface area (Å²) in [6.07, 6.45) is 0. The summed E-state index contributed by atoms with van der Waals surface area (Å²) in [6.45, 7) is 0. The molecule has 0 aliphatic rings. The van der Waals surface area contributed by atoms with E-state index in [0.29, 0.717) is 0 Å². The van der Waals surface area contributed by atoms with E-state index in [1.165, 1.54) is 24.3 Å². The van der Waals surface area contributed by atoms with Crippen molar-refractivity contribution in [2.45, 2.75) is 0 Å². The Balaban J connectivity index is 2.39. The molecule has 3 nitrogen and oxygen atoms in total. The van der Waals surface area contributed by atoms with E-state index in [4.69, 9.17) is 15.7 Å². The highest BCUT2D eigenvalue weighted by Crippen LogP contribution is 2.32. The number of nitrogens with two attached hydrogens (primary N) is 1. The lowest BCUT2D eigenvalue weighted by atomic mass is 10.2. The maximum Gasteiger partial charge on any atom is 0.181 e. The summed E-state index contributed by atoms with van der Waals surface area (Å²) >= 11 is 2.94. The van der Waals surface area contributed by atoms with Crippen LogP contribution in [0.2, 0.25) is 0 Å². The molecule has 0 saturated carbocycles. The number of hydrogen-bond acceptors (Lipinski definition) is 3. The molecule has 0 aromatic heterocycles. The van der Waals surface area contributed by atoms with Gasteiger partial charge in [-0.15, -0.1) is 0 Å². The Morgan fingerprint density at radius 2 is 1.84 bits per heavy atom. The van der Waals surface area contributed by atoms with Crippen molar-refractivity contribution in [1.29, 1.82) is 5.26 Å². The molecule has 0 spiro atoms. The van der Waals surface area contributed by atoms with E-state index >= 15 is 0 Å². The number of nitriles is 1. The second kappa shape index (κ2) is 5.24. The number of hydrogen-bond donors (Lipinski definition) is 1. The Kier molecular flexibility index (Phi) is 3.67. The van der Waals surface area contributed by atoms with Gasteiger partial charge < -0.3 is 10.5 Å². The highest BCUT2D eigenvalue weighted by molar-refractivity contribution is 9.10. The van der Waals surface area contributed by atoms with Gasteiger partial charge >= 0.3 is 0 Å². The van der Waals surface area contributed by atoms with Crippen LogP contribution < -0.4 is 10.5 Å². The Bertz CT molecular complexity index is 683. The first kappa shape index (κ1) is 13.3. The largest absolute Gasteiger partial charge is 0.451 e. The van der Waals surface area contributed by atoms with Gasteiger partial charge in [0.1, 0.15) is 6.07 Å². The van der Waals surface area contributed by atoms with E-state index in [1.807, 2.05) is 6.07 Å². The van der Waals surface area contributed by atoms with Crippen molar-refractivity contribution >= 4 is 21.6 Å². The first-order valence-corrected chi connectivity index (χ1v) is 5.93. The minimum absolute atomic E-state index is 0.0247. The molecule has 2 aromatic carbocycles. The molecule has 2 aromatic rings. The van der Waals surface area contributed by atoms with Crippen LogP contribution in [0.25, 0.3) is 0 Å². The van der Waals surface area contributed by atoms with E-state index in [0.717, 1.165) is 6.07 Å². The molecule has 0 bridgehead atoms. The average molecular weight is 325 g/mol. The van der Waals surface area contributed by atoms with E-state index in [1.54, 1.807) is 0 Å². The smallest absolute Gasteiger partial charge is 0.181 e. The third kappa shape index (κ3) is 2.66. The third-order valence-corrected chi connectivity index (χ3v) is 3.12.